The van der Waals surface area contributed by atoms with Crippen molar-refractivity contribution < 1.29 is 23.5 Å². The van der Waals surface area contributed by atoms with Gasteiger partial charge >= 0.3 is 17.7 Å². The summed E-state index contributed by atoms with van der Waals surface area (Å²) >= 11 is 6.39. The minimum Gasteiger partial charge on any atom is -0.445 e. The van der Waals surface area contributed by atoms with Gasteiger partial charge in [-0.15, -0.1) is 0 Å². The molecule has 1 heterocycles. The zero-order chi connectivity index (χ0) is 25.7. The highest BCUT2D eigenvalue weighted by atomic mass is 35.5. The van der Waals surface area contributed by atoms with Crippen LogP contribution >= 0.6 is 11.6 Å². The van der Waals surface area contributed by atoms with E-state index >= 15 is 0 Å². The van der Waals surface area contributed by atoms with Crippen molar-refractivity contribution in [2.75, 3.05) is 0 Å². The number of alkyl carbamates (subject to hydrolysis) is 1. The number of nitrogens with one attached hydrogen (secondary N) is 1. The van der Waals surface area contributed by atoms with Crippen LogP contribution in [0, 0.1) is 13.8 Å². The number of ether oxygens (including phenoxy) is 2. The van der Waals surface area contributed by atoms with Crippen molar-refractivity contribution in [1.82, 2.24) is 5.32 Å². The maximum atomic E-state index is 13.2. The number of carbonyl (C=O) groups is 2. The lowest BCUT2D eigenvalue weighted by Gasteiger charge is -2.18. The van der Waals surface area contributed by atoms with E-state index < -0.39 is 23.7 Å². The molecule has 0 aliphatic heterocycles. The first-order chi connectivity index (χ1) is 17.3. The zero-order valence-corrected chi connectivity index (χ0v) is 20.5. The number of rotatable bonds is 7. The summed E-state index contributed by atoms with van der Waals surface area (Å²) in [7, 11) is 0. The Kier molecular flexibility index (Phi) is 7.71. The fraction of sp³-hybridized carbons (Fsp3) is 0.179. The molecule has 1 amide bonds. The first-order valence-corrected chi connectivity index (χ1v) is 11.7. The van der Waals surface area contributed by atoms with Gasteiger partial charge in [0.1, 0.15) is 18.2 Å². The molecule has 1 N–H and O–H groups in total. The third-order valence-electron chi connectivity index (χ3n) is 5.79. The molecule has 0 unspecified atom stereocenters. The predicted molar refractivity (Wildman–Crippen MR) is 136 cm³/mol. The highest BCUT2D eigenvalue weighted by Gasteiger charge is 2.25. The molecule has 7 nitrogen and oxygen atoms in total. The number of benzene rings is 3. The third kappa shape index (κ3) is 5.93. The van der Waals surface area contributed by atoms with Gasteiger partial charge in [-0.25, -0.2) is 14.4 Å². The van der Waals surface area contributed by atoms with Crippen LogP contribution in [0.25, 0.3) is 11.0 Å². The summed E-state index contributed by atoms with van der Waals surface area (Å²) in [5.74, 6) is -0.735. The Bertz CT molecular complexity index is 1450. The lowest BCUT2D eigenvalue weighted by atomic mass is 10.1. The van der Waals surface area contributed by atoms with E-state index in [0.29, 0.717) is 10.9 Å². The topological polar surface area (TPSA) is 94.8 Å². The Hall–Kier alpha value is -4.10. The smallest absolute Gasteiger partial charge is 0.408 e. The van der Waals surface area contributed by atoms with E-state index in [1.54, 1.807) is 19.9 Å². The van der Waals surface area contributed by atoms with E-state index in [1.165, 1.54) is 6.07 Å². The van der Waals surface area contributed by atoms with Crippen LogP contribution in [0.3, 0.4) is 0 Å². The van der Waals surface area contributed by atoms with Gasteiger partial charge in [-0.05, 0) is 36.6 Å². The number of fused-ring (bicyclic) bond motifs is 1. The summed E-state index contributed by atoms with van der Waals surface area (Å²) in [6.45, 7) is 3.50. The Morgan fingerprint density at radius 1 is 0.944 bits per heavy atom. The molecule has 0 saturated carbocycles. The highest BCUT2D eigenvalue weighted by molar-refractivity contribution is 6.33. The van der Waals surface area contributed by atoms with Crippen LogP contribution in [0.2, 0.25) is 5.02 Å². The van der Waals surface area contributed by atoms with Gasteiger partial charge < -0.3 is 19.2 Å². The van der Waals surface area contributed by atoms with Crippen molar-refractivity contribution in [3.8, 4) is 5.75 Å². The SMILES string of the molecule is Cc1c(C)c2cc(Cl)c(OC(=O)[C@H](Cc3ccccc3)NC(=O)OCc3ccccc3)cc2oc1=O. The average Bonchev–Trinajstić information content (AvgIpc) is 2.88. The molecule has 0 spiro atoms. The first kappa shape index (κ1) is 25.0. The third-order valence-corrected chi connectivity index (χ3v) is 6.09. The van der Waals surface area contributed by atoms with Crippen LogP contribution in [-0.4, -0.2) is 18.1 Å². The molecule has 3 aromatic carbocycles. The Morgan fingerprint density at radius 2 is 1.58 bits per heavy atom. The van der Waals surface area contributed by atoms with Crippen molar-refractivity contribution in [3.05, 3.63) is 110 Å². The minimum atomic E-state index is -1.06. The summed E-state index contributed by atoms with van der Waals surface area (Å²) in [4.78, 5) is 37.8. The summed E-state index contributed by atoms with van der Waals surface area (Å²) in [5, 5.41) is 3.39. The van der Waals surface area contributed by atoms with Crippen LogP contribution in [0.1, 0.15) is 22.3 Å². The molecule has 184 valence electrons. The monoisotopic (exact) mass is 505 g/mol. The van der Waals surface area contributed by atoms with E-state index in [9.17, 15) is 14.4 Å². The minimum absolute atomic E-state index is 0.0121. The van der Waals surface area contributed by atoms with Gasteiger partial charge in [-0.3, -0.25) is 0 Å². The summed E-state index contributed by atoms with van der Waals surface area (Å²) < 4.78 is 16.2. The second-order valence-electron chi connectivity index (χ2n) is 8.29. The van der Waals surface area contributed by atoms with Gasteiger partial charge in [-0.1, -0.05) is 72.3 Å². The van der Waals surface area contributed by atoms with Crippen molar-refractivity contribution in [2.24, 2.45) is 0 Å². The molecular weight excluding hydrogens is 482 g/mol. The van der Waals surface area contributed by atoms with Crippen molar-refractivity contribution in [2.45, 2.75) is 32.9 Å². The standard InChI is InChI=1S/C28H24ClNO6/c1-17-18(2)26(31)35-24-15-25(22(29)14-21(17)24)36-27(32)23(13-19-9-5-3-6-10-19)30-28(33)34-16-20-11-7-4-8-12-20/h3-12,14-15,23H,13,16H2,1-2H3,(H,30,33)/t23-/m0/s1. The fourth-order valence-electron chi connectivity index (χ4n) is 3.65. The molecule has 0 fully saturated rings. The number of carbonyl (C=O) groups excluding carboxylic acids is 2. The Balaban J connectivity index is 1.55. The summed E-state index contributed by atoms with van der Waals surface area (Å²) in [6, 6.07) is 20.3. The molecule has 0 aliphatic carbocycles. The van der Waals surface area contributed by atoms with E-state index in [0.717, 1.165) is 16.7 Å². The average molecular weight is 506 g/mol. The van der Waals surface area contributed by atoms with Gasteiger partial charge in [0.25, 0.3) is 0 Å². The van der Waals surface area contributed by atoms with Crippen LogP contribution in [0.15, 0.2) is 82.0 Å². The maximum absolute atomic E-state index is 13.2. The first-order valence-electron chi connectivity index (χ1n) is 11.3. The zero-order valence-electron chi connectivity index (χ0n) is 19.7. The van der Waals surface area contributed by atoms with E-state index in [4.69, 9.17) is 25.5 Å². The molecule has 0 bridgehead atoms. The van der Waals surface area contributed by atoms with E-state index in [1.807, 2.05) is 60.7 Å². The normalized spacial score (nSPS) is 11.6. The van der Waals surface area contributed by atoms with Crippen LogP contribution < -0.4 is 15.7 Å². The molecular formula is C28H24ClNO6. The summed E-state index contributed by atoms with van der Waals surface area (Å²) in [6.07, 6.45) is -0.600. The number of halogens is 1. The van der Waals surface area contributed by atoms with Crippen LogP contribution in [0.5, 0.6) is 5.75 Å². The highest BCUT2D eigenvalue weighted by Crippen LogP contribution is 2.32. The largest absolute Gasteiger partial charge is 0.445 e. The number of aryl methyl sites for hydroxylation is 1. The molecule has 1 aromatic heterocycles. The van der Waals surface area contributed by atoms with E-state index in [2.05, 4.69) is 5.32 Å². The van der Waals surface area contributed by atoms with E-state index in [-0.39, 0.29) is 29.4 Å². The lowest BCUT2D eigenvalue weighted by molar-refractivity contribution is -0.136. The van der Waals surface area contributed by atoms with Gasteiger partial charge in [0.2, 0.25) is 0 Å². The molecule has 36 heavy (non-hydrogen) atoms. The molecule has 0 saturated heterocycles. The van der Waals surface area contributed by atoms with Crippen molar-refractivity contribution >= 4 is 34.6 Å². The molecule has 0 radical (unpaired) electrons. The molecule has 4 rings (SSSR count). The Morgan fingerprint density at radius 3 is 2.25 bits per heavy atom. The molecule has 0 aliphatic rings. The maximum Gasteiger partial charge on any atom is 0.408 e. The molecule has 1 atom stereocenters. The number of hydrogen-bond acceptors (Lipinski definition) is 6. The van der Waals surface area contributed by atoms with Gasteiger partial charge in [0, 0.05) is 23.4 Å². The fourth-order valence-corrected chi connectivity index (χ4v) is 3.85. The number of hydrogen-bond donors (Lipinski definition) is 1. The van der Waals surface area contributed by atoms with Crippen molar-refractivity contribution in [1.29, 1.82) is 0 Å². The van der Waals surface area contributed by atoms with Crippen LogP contribution in [0.4, 0.5) is 4.79 Å². The summed E-state index contributed by atoms with van der Waals surface area (Å²) in [5.41, 5.74) is 2.58. The molecule has 4 aromatic rings. The lowest BCUT2D eigenvalue weighted by Crippen LogP contribution is -2.44. The second-order valence-corrected chi connectivity index (χ2v) is 8.69. The quantitative estimate of drug-likeness (QED) is 0.202. The van der Waals surface area contributed by atoms with Gasteiger partial charge in [0.15, 0.2) is 5.75 Å². The second kappa shape index (κ2) is 11.1. The van der Waals surface area contributed by atoms with Gasteiger partial charge in [0.05, 0.1) is 5.02 Å². The van der Waals surface area contributed by atoms with Crippen LogP contribution in [-0.2, 0) is 22.6 Å². The Labute approximate surface area is 212 Å². The van der Waals surface area contributed by atoms with Gasteiger partial charge in [-0.2, -0.15) is 0 Å². The molecule has 8 heteroatoms. The van der Waals surface area contributed by atoms with Crippen molar-refractivity contribution in [3.63, 3.8) is 0 Å². The number of esters is 1. The predicted octanol–water partition coefficient (Wildman–Crippen LogP) is 5.51. The number of amides is 1.